The zero-order valence-electron chi connectivity index (χ0n) is 14.3. The van der Waals surface area contributed by atoms with Crippen molar-refractivity contribution in [2.24, 2.45) is 0 Å². The molecule has 0 spiro atoms. The van der Waals surface area contributed by atoms with Crippen LogP contribution >= 0.6 is 11.8 Å². The van der Waals surface area contributed by atoms with E-state index in [2.05, 4.69) is 10.3 Å². The second kappa shape index (κ2) is 7.23. The second-order valence-corrected chi connectivity index (χ2v) is 7.76. The van der Waals surface area contributed by atoms with E-state index in [1.807, 2.05) is 0 Å². The van der Waals surface area contributed by atoms with Crippen molar-refractivity contribution in [3.05, 3.63) is 57.3 Å². The summed E-state index contributed by atoms with van der Waals surface area (Å²) in [5, 5.41) is 3.59. The van der Waals surface area contributed by atoms with Gasteiger partial charge in [0, 0.05) is 24.3 Å². The Kier molecular flexibility index (Phi) is 4.80. The van der Waals surface area contributed by atoms with E-state index >= 15 is 0 Å². The summed E-state index contributed by atoms with van der Waals surface area (Å²) in [5.41, 5.74) is 2.65. The fourth-order valence-corrected chi connectivity index (χ4v) is 4.71. The summed E-state index contributed by atoms with van der Waals surface area (Å²) in [6, 6.07) is 5.89. The molecule has 1 amide bonds. The SMILES string of the molecule is O=C(C[C@H]1CSc2nc3c(c(=O)n21)CCCC3)NCc1ccc(F)cc1. The van der Waals surface area contributed by atoms with Crippen LogP contribution in [0.2, 0.25) is 0 Å². The molecule has 7 heteroatoms. The van der Waals surface area contributed by atoms with Crippen LogP contribution in [0.15, 0.2) is 34.2 Å². The Morgan fingerprint density at radius 2 is 2.04 bits per heavy atom. The Bertz CT molecular complexity index is 895. The molecule has 1 aliphatic heterocycles. The first-order valence-corrected chi connectivity index (χ1v) is 9.88. The topological polar surface area (TPSA) is 64.0 Å². The third kappa shape index (κ3) is 3.40. The number of fused-ring (bicyclic) bond motifs is 2. The molecule has 2 heterocycles. The number of amides is 1. The van der Waals surface area contributed by atoms with E-state index in [1.165, 1.54) is 12.1 Å². The van der Waals surface area contributed by atoms with E-state index in [4.69, 9.17) is 0 Å². The molecule has 0 bridgehead atoms. The van der Waals surface area contributed by atoms with E-state index in [0.29, 0.717) is 12.3 Å². The number of halogens is 1. The highest BCUT2D eigenvalue weighted by Crippen LogP contribution is 2.33. The third-order valence-electron chi connectivity index (χ3n) is 4.95. The van der Waals surface area contributed by atoms with Gasteiger partial charge in [0.05, 0.1) is 11.7 Å². The fourth-order valence-electron chi connectivity index (χ4n) is 3.55. The highest BCUT2D eigenvalue weighted by molar-refractivity contribution is 7.99. The van der Waals surface area contributed by atoms with Gasteiger partial charge in [-0.3, -0.25) is 14.2 Å². The highest BCUT2D eigenvalue weighted by atomic mass is 32.2. The van der Waals surface area contributed by atoms with Crippen LogP contribution < -0.4 is 10.9 Å². The van der Waals surface area contributed by atoms with Crippen molar-refractivity contribution in [2.75, 3.05) is 5.75 Å². The van der Waals surface area contributed by atoms with Gasteiger partial charge >= 0.3 is 0 Å². The molecular weight excluding hydrogens is 353 g/mol. The molecule has 4 rings (SSSR count). The number of hydrogen-bond acceptors (Lipinski definition) is 4. The predicted molar refractivity (Wildman–Crippen MR) is 97.8 cm³/mol. The lowest BCUT2D eigenvalue weighted by atomic mass is 9.97. The van der Waals surface area contributed by atoms with Gasteiger partial charge in [-0.1, -0.05) is 23.9 Å². The standard InChI is InChI=1S/C19H20FN3O2S/c20-13-7-5-12(6-8-13)10-21-17(24)9-14-11-26-19-22-16-4-2-1-3-15(16)18(25)23(14)19/h5-8,14H,1-4,9-11H2,(H,21,24)/t14-/m0/s1. The number of carbonyl (C=O) groups excluding carboxylic acids is 1. The number of aromatic nitrogens is 2. The molecule has 1 N–H and O–H groups in total. The van der Waals surface area contributed by atoms with Crippen LogP contribution in [-0.4, -0.2) is 21.2 Å². The molecule has 0 saturated heterocycles. The molecule has 0 radical (unpaired) electrons. The van der Waals surface area contributed by atoms with Crippen LogP contribution in [-0.2, 0) is 24.2 Å². The third-order valence-corrected chi connectivity index (χ3v) is 6.04. The van der Waals surface area contributed by atoms with Crippen LogP contribution in [0.4, 0.5) is 4.39 Å². The lowest BCUT2D eigenvalue weighted by Gasteiger charge is -2.18. The fraction of sp³-hybridized carbons (Fsp3) is 0.421. The molecule has 2 aromatic rings. The zero-order chi connectivity index (χ0) is 18.1. The number of benzene rings is 1. The number of hydrogen-bond donors (Lipinski definition) is 1. The van der Waals surface area contributed by atoms with Gasteiger partial charge in [0.25, 0.3) is 5.56 Å². The molecule has 0 unspecified atom stereocenters. The molecular formula is C19H20FN3O2S. The number of thioether (sulfide) groups is 1. The minimum Gasteiger partial charge on any atom is -0.352 e. The van der Waals surface area contributed by atoms with Crippen molar-refractivity contribution in [3.63, 3.8) is 0 Å². The quantitative estimate of drug-likeness (QED) is 0.837. The van der Waals surface area contributed by atoms with Gasteiger partial charge in [-0.05, 0) is 43.4 Å². The Morgan fingerprint density at radius 1 is 1.27 bits per heavy atom. The van der Waals surface area contributed by atoms with Crippen LogP contribution in [0.5, 0.6) is 0 Å². The predicted octanol–water partition coefficient (Wildman–Crippen LogP) is 2.61. The van der Waals surface area contributed by atoms with Crippen LogP contribution in [0.1, 0.15) is 42.1 Å². The van der Waals surface area contributed by atoms with E-state index in [9.17, 15) is 14.0 Å². The molecule has 5 nitrogen and oxygen atoms in total. The van der Waals surface area contributed by atoms with Crippen molar-refractivity contribution in [1.82, 2.24) is 14.9 Å². The maximum absolute atomic E-state index is 12.9. The van der Waals surface area contributed by atoms with Gasteiger partial charge in [-0.2, -0.15) is 0 Å². The minimum atomic E-state index is -0.296. The summed E-state index contributed by atoms with van der Waals surface area (Å²) in [5.74, 6) is 0.280. The number of carbonyl (C=O) groups is 1. The van der Waals surface area contributed by atoms with Gasteiger partial charge in [0.1, 0.15) is 5.82 Å². The van der Waals surface area contributed by atoms with Crippen molar-refractivity contribution < 1.29 is 9.18 Å². The molecule has 1 aliphatic carbocycles. The number of nitrogens with zero attached hydrogens (tertiary/aromatic N) is 2. The molecule has 1 atom stereocenters. The monoisotopic (exact) mass is 373 g/mol. The zero-order valence-corrected chi connectivity index (χ0v) is 15.2. The van der Waals surface area contributed by atoms with Gasteiger partial charge < -0.3 is 5.32 Å². The van der Waals surface area contributed by atoms with E-state index < -0.39 is 0 Å². The average Bonchev–Trinajstić information content (AvgIpc) is 3.04. The summed E-state index contributed by atoms with van der Waals surface area (Å²) in [6.45, 7) is 0.350. The summed E-state index contributed by atoms with van der Waals surface area (Å²) < 4.78 is 14.6. The van der Waals surface area contributed by atoms with Gasteiger partial charge in [-0.25, -0.2) is 9.37 Å². The molecule has 1 aromatic heterocycles. The first-order chi connectivity index (χ1) is 12.6. The molecule has 0 fully saturated rings. The highest BCUT2D eigenvalue weighted by Gasteiger charge is 2.30. The number of aryl methyl sites for hydroxylation is 1. The van der Waals surface area contributed by atoms with Gasteiger partial charge in [-0.15, -0.1) is 0 Å². The Hall–Kier alpha value is -2.15. The molecule has 26 heavy (non-hydrogen) atoms. The lowest BCUT2D eigenvalue weighted by Crippen LogP contribution is -2.33. The maximum atomic E-state index is 12.9. The smallest absolute Gasteiger partial charge is 0.257 e. The van der Waals surface area contributed by atoms with E-state index in [1.54, 1.807) is 28.5 Å². The second-order valence-electron chi connectivity index (χ2n) is 6.77. The van der Waals surface area contributed by atoms with Crippen molar-refractivity contribution in [3.8, 4) is 0 Å². The van der Waals surface area contributed by atoms with Crippen molar-refractivity contribution in [1.29, 1.82) is 0 Å². The Morgan fingerprint density at radius 3 is 2.85 bits per heavy atom. The lowest BCUT2D eigenvalue weighted by molar-refractivity contribution is -0.121. The largest absolute Gasteiger partial charge is 0.352 e. The summed E-state index contributed by atoms with van der Waals surface area (Å²) >= 11 is 1.55. The minimum absolute atomic E-state index is 0.0334. The van der Waals surface area contributed by atoms with Gasteiger partial charge in [0.2, 0.25) is 5.91 Å². The first kappa shape index (κ1) is 17.3. The molecule has 2 aliphatic rings. The number of rotatable bonds is 4. The van der Waals surface area contributed by atoms with Crippen LogP contribution in [0.3, 0.4) is 0 Å². The Balaban J connectivity index is 1.45. The normalized spacial score (nSPS) is 18.3. The van der Waals surface area contributed by atoms with Gasteiger partial charge in [0.15, 0.2) is 5.16 Å². The Labute approximate surface area is 155 Å². The molecule has 0 saturated carbocycles. The van der Waals surface area contributed by atoms with E-state index in [0.717, 1.165) is 47.7 Å². The summed E-state index contributed by atoms with van der Waals surface area (Å²) in [6.07, 6.45) is 4.03. The van der Waals surface area contributed by atoms with E-state index in [-0.39, 0.29) is 29.7 Å². The van der Waals surface area contributed by atoms with Crippen molar-refractivity contribution in [2.45, 2.75) is 49.8 Å². The molecule has 1 aromatic carbocycles. The average molecular weight is 373 g/mol. The molecule has 136 valence electrons. The van der Waals surface area contributed by atoms with Crippen LogP contribution in [0.25, 0.3) is 0 Å². The number of nitrogens with one attached hydrogen (secondary N) is 1. The summed E-state index contributed by atoms with van der Waals surface area (Å²) in [4.78, 5) is 29.8. The maximum Gasteiger partial charge on any atom is 0.257 e. The first-order valence-electron chi connectivity index (χ1n) is 8.90. The van der Waals surface area contributed by atoms with Crippen LogP contribution in [0, 0.1) is 5.82 Å². The van der Waals surface area contributed by atoms with Crippen molar-refractivity contribution >= 4 is 17.7 Å². The summed E-state index contributed by atoms with van der Waals surface area (Å²) in [7, 11) is 0.